The molecule has 5 heteroatoms. The first kappa shape index (κ1) is 24.2. The van der Waals surface area contributed by atoms with Crippen LogP contribution in [0.15, 0.2) is 91.0 Å². The van der Waals surface area contributed by atoms with Gasteiger partial charge in [-0.2, -0.15) is 0 Å². The molecule has 1 aliphatic rings. The predicted octanol–water partition coefficient (Wildman–Crippen LogP) is 4.63. The number of nitrogens with one attached hydrogen (secondary N) is 4. The first-order valence-corrected chi connectivity index (χ1v) is 14.6. The van der Waals surface area contributed by atoms with Gasteiger partial charge in [-0.3, -0.25) is 0 Å². The Kier molecular flexibility index (Phi) is 8.13. The molecule has 0 unspecified atom stereocenters. The zero-order valence-corrected chi connectivity index (χ0v) is 21.1. The van der Waals surface area contributed by atoms with Gasteiger partial charge in [0.1, 0.15) is 0 Å². The fourth-order valence-electron chi connectivity index (χ4n) is 5.57. The second-order valence-electron chi connectivity index (χ2n) is 9.60. The monoisotopic (exact) mass is 472 g/mol. The van der Waals surface area contributed by atoms with Crippen molar-refractivity contribution >= 4 is 35.0 Å². The van der Waals surface area contributed by atoms with Gasteiger partial charge in [0.2, 0.25) is 0 Å². The van der Waals surface area contributed by atoms with Gasteiger partial charge in [0.15, 0.2) is 0 Å². The summed E-state index contributed by atoms with van der Waals surface area (Å²) in [6, 6.07) is 33.7. The molecule has 0 bridgehead atoms. The van der Waals surface area contributed by atoms with Gasteiger partial charge in [-0.25, -0.2) is 0 Å². The Labute approximate surface area is 204 Å². The van der Waals surface area contributed by atoms with E-state index < -0.39 is 7.26 Å². The summed E-state index contributed by atoms with van der Waals surface area (Å²) in [6.07, 6.45) is 6.08. The standard InChI is InChI=1S/C29H37N4P/c1-23(30)33-29(31)32-21-24-17-19-25(20-18-24)22-34(26-11-5-2-6-12-26,27-13-7-3-8-14-27)28-15-9-4-10-16-28/h2-16,24-25,34H,17-22H2,1H3,(H4,30,31,32,33). The Balaban J connectivity index is 1.56. The summed E-state index contributed by atoms with van der Waals surface area (Å²) in [6.45, 7) is 2.47. The molecule has 34 heavy (non-hydrogen) atoms. The van der Waals surface area contributed by atoms with Gasteiger partial charge >= 0.3 is 205 Å². The van der Waals surface area contributed by atoms with E-state index in [0.29, 0.717) is 17.7 Å². The van der Waals surface area contributed by atoms with Gasteiger partial charge in [0, 0.05) is 0 Å². The number of benzene rings is 3. The van der Waals surface area contributed by atoms with Gasteiger partial charge in [0.25, 0.3) is 0 Å². The summed E-state index contributed by atoms with van der Waals surface area (Å²) < 4.78 is 0. The zero-order valence-electron chi connectivity index (χ0n) is 20.1. The number of guanidine groups is 1. The van der Waals surface area contributed by atoms with Crippen LogP contribution in [0.4, 0.5) is 0 Å². The van der Waals surface area contributed by atoms with E-state index >= 15 is 0 Å². The van der Waals surface area contributed by atoms with Crippen LogP contribution in [0, 0.1) is 22.7 Å². The summed E-state index contributed by atoms with van der Waals surface area (Å²) in [4.78, 5) is 0. The van der Waals surface area contributed by atoms with Crippen molar-refractivity contribution in [2.75, 3.05) is 12.7 Å². The Morgan fingerprint density at radius 2 is 1.12 bits per heavy atom. The zero-order chi connectivity index (χ0) is 23.8. The van der Waals surface area contributed by atoms with Crippen molar-refractivity contribution in [2.45, 2.75) is 32.6 Å². The molecule has 0 spiro atoms. The van der Waals surface area contributed by atoms with Crippen molar-refractivity contribution in [3.05, 3.63) is 91.0 Å². The predicted molar refractivity (Wildman–Crippen MR) is 149 cm³/mol. The van der Waals surface area contributed by atoms with Gasteiger partial charge in [0.05, 0.1) is 0 Å². The Bertz CT molecular complexity index is 964. The number of hydrogen-bond donors (Lipinski definition) is 4. The van der Waals surface area contributed by atoms with Crippen molar-refractivity contribution in [3.63, 3.8) is 0 Å². The van der Waals surface area contributed by atoms with E-state index in [2.05, 4.69) is 102 Å². The van der Waals surface area contributed by atoms with E-state index in [1.54, 1.807) is 6.92 Å². The van der Waals surface area contributed by atoms with E-state index in [9.17, 15) is 0 Å². The molecule has 0 aromatic heterocycles. The van der Waals surface area contributed by atoms with E-state index in [0.717, 1.165) is 6.54 Å². The topological polar surface area (TPSA) is 71.8 Å². The van der Waals surface area contributed by atoms with Crippen LogP contribution < -0.4 is 26.5 Å². The molecule has 1 saturated carbocycles. The fraction of sp³-hybridized carbons (Fsp3) is 0.310. The van der Waals surface area contributed by atoms with Crippen LogP contribution in [-0.4, -0.2) is 24.5 Å². The molecule has 178 valence electrons. The van der Waals surface area contributed by atoms with Crippen LogP contribution in [0.2, 0.25) is 0 Å². The molecule has 3 aromatic rings. The molecule has 4 nitrogen and oxygen atoms in total. The first-order chi connectivity index (χ1) is 16.6. The molecule has 4 rings (SSSR count). The molecule has 0 amide bonds. The summed E-state index contributed by atoms with van der Waals surface area (Å²) in [5.74, 6) is 1.82. The second kappa shape index (κ2) is 11.4. The quantitative estimate of drug-likeness (QED) is 0.230. The van der Waals surface area contributed by atoms with Crippen molar-refractivity contribution in [2.24, 2.45) is 11.8 Å². The molecular weight excluding hydrogens is 435 g/mol. The van der Waals surface area contributed by atoms with Crippen molar-refractivity contribution in [3.8, 4) is 0 Å². The van der Waals surface area contributed by atoms with Crippen LogP contribution in [0.3, 0.4) is 0 Å². The van der Waals surface area contributed by atoms with E-state index in [-0.39, 0.29) is 5.96 Å². The van der Waals surface area contributed by atoms with E-state index in [1.807, 2.05) is 0 Å². The summed E-state index contributed by atoms with van der Waals surface area (Å²) >= 11 is 0. The van der Waals surface area contributed by atoms with Crippen LogP contribution in [0.5, 0.6) is 0 Å². The van der Waals surface area contributed by atoms with Gasteiger partial charge in [-0.15, -0.1) is 0 Å². The van der Waals surface area contributed by atoms with E-state index in [1.165, 1.54) is 47.8 Å². The third-order valence-electron chi connectivity index (χ3n) is 7.24. The van der Waals surface area contributed by atoms with Gasteiger partial charge < -0.3 is 0 Å². The maximum atomic E-state index is 7.92. The molecule has 1 aliphatic carbocycles. The normalized spacial score (nSPS) is 18.6. The Morgan fingerprint density at radius 3 is 1.53 bits per heavy atom. The minimum absolute atomic E-state index is 0.235. The molecule has 1 fully saturated rings. The van der Waals surface area contributed by atoms with Crippen molar-refractivity contribution in [1.29, 1.82) is 10.8 Å². The van der Waals surface area contributed by atoms with Crippen LogP contribution in [-0.2, 0) is 0 Å². The molecule has 0 saturated heterocycles. The Morgan fingerprint density at radius 1 is 0.706 bits per heavy atom. The third-order valence-corrected chi connectivity index (χ3v) is 12.4. The van der Waals surface area contributed by atoms with Crippen LogP contribution in [0.25, 0.3) is 0 Å². The molecule has 3 aromatic carbocycles. The third kappa shape index (κ3) is 5.74. The van der Waals surface area contributed by atoms with Crippen LogP contribution in [0.1, 0.15) is 32.6 Å². The average molecular weight is 473 g/mol. The number of rotatable bonds is 7. The molecule has 4 N–H and O–H groups in total. The minimum atomic E-state index is -2.17. The number of hydrogen-bond acceptors (Lipinski definition) is 2. The SMILES string of the molecule is CC(=N)NC(=N)NCC1CCC(C[PH](c2ccccc2)(c2ccccc2)c2ccccc2)CC1. The molecular formula is C29H37N4P. The summed E-state index contributed by atoms with van der Waals surface area (Å²) in [7, 11) is -2.17. The van der Waals surface area contributed by atoms with Gasteiger partial charge in [-0.1, -0.05) is 0 Å². The number of amidine groups is 1. The summed E-state index contributed by atoms with van der Waals surface area (Å²) in [5, 5.41) is 25.8. The average Bonchev–Trinajstić information content (AvgIpc) is 2.88. The van der Waals surface area contributed by atoms with E-state index in [4.69, 9.17) is 10.8 Å². The first-order valence-electron chi connectivity index (χ1n) is 12.4. The second-order valence-corrected chi connectivity index (χ2v) is 13.6. The Hall–Kier alpha value is -2.97. The summed E-state index contributed by atoms with van der Waals surface area (Å²) in [5.41, 5.74) is 0. The molecule has 0 heterocycles. The fourth-order valence-corrected chi connectivity index (χ4v) is 10.8. The molecule has 0 aliphatic heterocycles. The molecule has 0 radical (unpaired) electrons. The maximum absolute atomic E-state index is 7.92. The van der Waals surface area contributed by atoms with Crippen LogP contribution >= 0.6 is 7.26 Å². The van der Waals surface area contributed by atoms with Crippen molar-refractivity contribution < 1.29 is 0 Å². The van der Waals surface area contributed by atoms with Crippen molar-refractivity contribution in [1.82, 2.24) is 10.6 Å². The molecule has 0 atom stereocenters. The van der Waals surface area contributed by atoms with Gasteiger partial charge in [-0.05, 0) is 0 Å².